The third-order valence-electron chi connectivity index (χ3n) is 5.30. The highest BCUT2D eigenvalue weighted by atomic mass is 19.1. The van der Waals surface area contributed by atoms with E-state index in [1.807, 2.05) is 0 Å². The number of nitrogens with zero attached hydrogens (tertiary/aromatic N) is 1. The molecule has 0 aliphatic heterocycles. The van der Waals surface area contributed by atoms with Gasteiger partial charge in [0.05, 0.1) is 25.3 Å². The molecule has 178 valence electrons. The maximum atomic E-state index is 13.0. The molecular weight excluding hydrogens is 453 g/mol. The van der Waals surface area contributed by atoms with Crippen LogP contribution in [0, 0.1) is 5.82 Å². The van der Waals surface area contributed by atoms with Crippen molar-refractivity contribution in [3.05, 3.63) is 99.2 Å². The van der Waals surface area contributed by atoms with Gasteiger partial charge in [0, 0.05) is 23.7 Å². The zero-order valence-electron chi connectivity index (χ0n) is 19.0. The molecule has 0 fully saturated rings. The summed E-state index contributed by atoms with van der Waals surface area (Å²) in [6, 6.07) is 15.4. The van der Waals surface area contributed by atoms with Crippen LogP contribution in [0.3, 0.4) is 0 Å². The third kappa shape index (κ3) is 5.30. The number of H-pyrrole nitrogens is 1. The standard InChI is InChI=1S/C26H22FN3O5/c1-34-23-10-6-16(12-24(23)35-2)22(31)13-21-26(33)30-20-11-17(5-9-19(20)29-21)25(32)28-14-15-3-7-18(27)8-4-15/h3-13,31H,14H2,1-2H3,(H,28,32)(H,30,33)/b22-13-. The summed E-state index contributed by atoms with van der Waals surface area (Å²) in [6.45, 7) is 0.227. The van der Waals surface area contributed by atoms with Gasteiger partial charge in [-0.15, -0.1) is 0 Å². The fraction of sp³-hybridized carbons (Fsp3) is 0.115. The van der Waals surface area contributed by atoms with Crippen LogP contribution in [-0.4, -0.2) is 35.2 Å². The number of aliphatic hydroxyl groups excluding tert-OH is 1. The highest BCUT2D eigenvalue weighted by molar-refractivity contribution is 5.97. The van der Waals surface area contributed by atoms with Crippen LogP contribution in [0.1, 0.15) is 27.2 Å². The van der Waals surface area contributed by atoms with Crippen LogP contribution in [0.25, 0.3) is 22.9 Å². The summed E-state index contributed by atoms with van der Waals surface area (Å²) < 4.78 is 23.5. The number of aromatic amines is 1. The molecule has 0 bridgehead atoms. The van der Waals surface area contributed by atoms with Crippen molar-refractivity contribution in [2.75, 3.05) is 14.2 Å². The molecule has 8 nitrogen and oxygen atoms in total. The zero-order chi connectivity index (χ0) is 24.9. The Morgan fingerprint density at radius 1 is 1.03 bits per heavy atom. The lowest BCUT2D eigenvalue weighted by molar-refractivity contribution is 0.0951. The molecule has 0 aliphatic carbocycles. The van der Waals surface area contributed by atoms with E-state index >= 15 is 0 Å². The highest BCUT2D eigenvalue weighted by Crippen LogP contribution is 2.30. The van der Waals surface area contributed by atoms with Crippen molar-refractivity contribution < 1.29 is 23.8 Å². The topological polar surface area (TPSA) is 114 Å². The first-order chi connectivity index (χ1) is 16.9. The minimum Gasteiger partial charge on any atom is -0.507 e. The summed E-state index contributed by atoms with van der Waals surface area (Å²) in [5.41, 5.74) is 1.76. The minimum atomic E-state index is -0.534. The number of carbonyl (C=O) groups excluding carboxylic acids is 1. The van der Waals surface area contributed by atoms with Crippen LogP contribution in [0.15, 0.2) is 65.5 Å². The largest absolute Gasteiger partial charge is 0.507 e. The number of hydrogen-bond donors (Lipinski definition) is 3. The first-order valence-corrected chi connectivity index (χ1v) is 10.6. The van der Waals surface area contributed by atoms with E-state index in [0.29, 0.717) is 33.7 Å². The smallest absolute Gasteiger partial charge is 0.274 e. The van der Waals surface area contributed by atoms with Crippen LogP contribution in [-0.2, 0) is 6.54 Å². The van der Waals surface area contributed by atoms with Gasteiger partial charge in [-0.2, -0.15) is 0 Å². The van der Waals surface area contributed by atoms with E-state index in [2.05, 4.69) is 15.3 Å². The van der Waals surface area contributed by atoms with Crippen LogP contribution >= 0.6 is 0 Å². The molecule has 0 saturated heterocycles. The van der Waals surface area contributed by atoms with Crippen molar-refractivity contribution >= 4 is 28.8 Å². The van der Waals surface area contributed by atoms with E-state index in [-0.39, 0.29) is 29.7 Å². The molecule has 3 N–H and O–H groups in total. The summed E-state index contributed by atoms with van der Waals surface area (Å²) in [7, 11) is 2.99. The Morgan fingerprint density at radius 2 is 1.74 bits per heavy atom. The number of benzene rings is 3. The van der Waals surface area contributed by atoms with Crippen molar-refractivity contribution in [1.82, 2.24) is 15.3 Å². The number of aromatic nitrogens is 2. The van der Waals surface area contributed by atoms with E-state index in [9.17, 15) is 19.1 Å². The molecular formula is C26H22FN3O5. The van der Waals surface area contributed by atoms with Gasteiger partial charge in [0.2, 0.25) is 0 Å². The predicted molar refractivity (Wildman–Crippen MR) is 130 cm³/mol. The van der Waals surface area contributed by atoms with E-state index in [1.165, 1.54) is 38.5 Å². The molecule has 9 heteroatoms. The quantitative estimate of drug-likeness (QED) is 0.348. The molecule has 1 amide bonds. The van der Waals surface area contributed by atoms with E-state index in [1.54, 1.807) is 42.5 Å². The number of methoxy groups -OCH3 is 2. The average molecular weight is 475 g/mol. The van der Waals surface area contributed by atoms with Crippen LogP contribution in [0.4, 0.5) is 4.39 Å². The number of rotatable bonds is 7. The molecule has 0 atom stereocenters. The first kappa shape index (κ1) is 23.5. The molecule has 0 unspecified atom stereocenters. The van der Waals surface area contributed by atoms with Gasteiger partial charge < -0.3 is 24.9 Å². The van der Waals surface area contributed by atoms with Gasteiger partial charge in [0.1, 0.15) is 17.3 Å². The van der Waals surface area contributed by atoms with E-state index < -0.39 is 5.56 Å². The number of carbonyl (C=O) groups is 1. The van der Waals surface area contributed by atoms with Gasteiger partial charge in [-0.25, -0.2) is 9.37 Å². The number of fused-ring (bicyclic) bond motifs is 1. The van der Waals surface area contributed by atoms with Crippen molar-refractivity contribution in [3.8, 4) is 11.5 Å². The van der Waals surface area contributed by atoms with Gasteiger partial charge >= 0.3 is 0 Å². The van der Waals surface area contributed by atoms with Gasteiger partial charge in [-0.3, -0.25) is 9.59 Å². The van der Waals surface area contributed by atoms with Crippen LogP contribution in [0.5, 0.6) is 11.5 Å². The molecule has 35 heavy (non-hydrogen) atoms. The lowest BCUT2D eigenvalue weighted by Crippen LogP contribution is -2.23. The van der Waals surface area contributed by atoms with Crippen molar-refractivity contribution in [2.24, 2.45) is 0 Å². The Morgan fingerprint density at radius 3 is 2.46 bits per heavy atom. The summed E-state index contributed by atoms with van der Waals surface area (Å²) in [5.74, 6) is 0.0448. The fourth-order valence-corrected chi connectivity index (χ4v) is 3.43. The Bertz CT molecular complexity index is 1480. The van der Waals surface area contributed by atoms with Gasteiger partial charge in [-0.1, -0.05) is 12.1 Å². The lowest BCUT2D eigenvalue weighted by Gasteiger charge is -2.09. The highest BCUT2D eigenvalue weighted by Gasteiger charge is 2.12. The number of aliphatic hydroxyl groups is 1. The van der Waals surface area contributed by atoms with E-state index in [4.69, 9.17) is 9.47 Å². The predicted octanol–water partition coefficient (Wildman–Crippen LogP) is 4.07. The normalized spacial score (nSPS) is 11.3. The lowest BCUT2D eigenvalue weighted by atomic mass is 10.1. The average Bonchev–Trinajstić information content (AvgIpc) is 2.87. The summed E-state index contributed by atoms with van der Waals surface area (Å²) in [5, 5.41) is 13.3. The SMILES string of the molecule is COc1ccc(/C(O)=C/c2nc3ccc(C(=O)NCc4ccc(F)cc4)cc3[nH]c2=O)cc1OC. The molecule has 4 rings (SSSR count). The van der Waals surface area contributed by atoms with Gasteiger partial charge in [-0.05, 0) is 54.1 Å². The second-order valence-corrected chi connectivity index (χ2v) is 7.59. The molecule has 1 heterocycles. The maximum absolute atomic E-state index is 13.0. The van der Waals surface area contributed by atoms with E-state index in [0.717, 1.165) is 5.56 Å². The second kappa shape index (κ2) is 10.1. The summed E-state index contributed by atoms with van der Waals surface area (Å²) in [6.07, 6.45) is 1.25. The molecule has 0 aliphatic rings. The Kier molecular flexibility index (Phi) is 6.77. The number of ether oxygens (including phenoxy) is 2. The molecule has 3 aromatic carbocycles. The van der Waals surface area contributed by atoms with Crippen molar-refractivity contribution in [2.45, 2.75) is 6.54 Å². The summed E-state index contributed by atoms with van der Waals surface area (Å²) in [4.78, 5) is 32.1. The molecule has 0 saturated carbocycles. The van der Waals surface area contributed by atoms with Crippen molar-refractivity contribution in [1.29, 1.82) is 0 Å². The van der Waals surface area contributed by atoms with Crippen molar-refractivity contribution in [3.63, 3.8) is 0 Å². The third-order valence-corrected chi connectivity index (χ3v) is 5.30. The molecule has 0 radical (unpaired) electrons. The number of halogens is 1. The number of hydrogen-bond acceptors (Lipinski definition) is 6. The summed E-state index contributed by atoms with van der Waals surface area (Å²) >= 11 is 0. The molecule has 0 spiro atoms. The Labute approximate surface area is 199 Å². The maximum Gasteiger partial charge on any atom is 0.274 e. The van der Waals surface area contributed by atoms with Gasteiger partial charge in [0.15, 0.2) is 11.5 Å². The number of amides is 1. The minimum absolute atomic E-state index is 0.00158. The Hall–Kier alpha value is -4.66. The zero-order valence-corrected chi connectivity index (χ0v) is 19.0. The van der Waals surface area contributed by atoms with Crippen LogP contribution in [0.2, 0.25) is 0 Å². The Balaban J connectivity index is 1.56. The second-order valence-electron chi connectivity index (χ2n) is 7.59. The van der Waals surface area contributed by atoms with Gasteiger partial charge in [0.25, 0.3) is 11.5 Å². The monoisotopic (exact) mass is 475 g/mol. The molecule has 1 aromatic heterocycles. The number of nitrogens with one attached hydrogen (secondary N) is 2. The molecule has 4 aromatic rings. The van der Waals surface area contributed by atoms with Crippen LogP contribution < -0.4 is 20.3 Å². The fourth-order valence-electron chi connectivity index (χ4n) is 3.43. The first-order valence-electron chi connectivity index (χ1n) is 10.6.